The first-order valence-electron chi connectivity index (χ1n) is 17.0. The molecule has 1 aliphatic carbocycles. The summed E-state index contributed by atoms with van der Waals surface area (Å²) in [4.78, 5) is 59.9. The molecular weight excluding hydrogens is 586 g/mol. The Morgan fingerprint density at radius 2 is 1.87 bits per heavy atom. The molecule has 1 aromatic carbocycles. The van der Waals surface area contributed by atoms with Gasteiger partial charge in [0, 0.05) is 38.3 Å². The number of hydrogen-bond acceptors (Lipinski definition) is 7. The van der Waals surface area contributed by atoms with E-state index in [0.29, 0.717) is 19.0 Å². The Hall–Kier alpha value is -3.50. The van der Waals surface area contributed by atoms with Gasteiger partial charge in [0.05, 0.1) is 19.7 Å². The molecule has 1 saturated heterocycles. The first-order chi connectivity index (χ1) is 21.7. The van der Waals surface area contributed by atoms with Crippen molar-refractivity contribution in [2.24, 2.45) is 16.7 Å². The maximum atomic E-state index is 14.2. The lowest BCUT2D eigenvalue weighted by atomic mass is 9.85. The summed E-state index contributed by atoms with van der Waals surface area (Å²) in [5, 5.41) is 5.93. The van der Waals surface area contributed by atoms with E-state index in [1.54, 1.807) is 4.90 Å². The Morgan fingerprint density at radius 1 is 1.11 bits per heavy atom. The molecule has 2 fully saturated rings. The first-order valence-corrected chi connectivity index (χ1v) is 17.0. The average molecular weight is 640 g/mol. The number of nitrogens with zero attached hydrogens (tertiary/aromatic N) is 3. The minimum atomic E-state index is -0.951. The highest BCUT2D eigenvalue weighted by Crippen LogP contribution is 2.36. The third kappa shape index (κ3) is 7.72. The van der Waals surface area contributed by atoms with Crippen molar-refractivity contribution >= 4 is 29.7 Å². The van der Waals surface area contributed by atoms with Crippen LogP contribution in [0.2, 0.25) is 0 Å². The first kappa shape index (κ1) is 33.9. The van der Waals surface area contributed by atoms with Gasteiger partial charge in [0.2, 0.25) is 11.8 Å². The largest absolute Gasteiger partial charge is 0.449 e. The molecule has 0 radical (unpaired) electrons. The van der Waals surface area contributed by atoms with Crippen LogP contribution in [0.5, 0.6) is 0 Å². The highest BCUT2D eigenvalue weighted by Gasteiger charge is 2.48. The Balaban J connectivity index is 1.41. The molecule has 5 rings (SSSR count). The lowest BCUT2D eigenvalue weighted by Crippen LogP contribution is -2.58. The molecule has 46 heavy (non-hydrogen) atoms. The molecule has 4 amide bonds. The maximum absolute atomic E-state index is 14.2. The number of anilines is 1. The fourth-order valence-electron chi connectivity index (χ4n) is 7.02. The van der Waals surface area contributed by atoms with Crippen LogP contribution in [-0.4, -0.2) is 84.8 Å². The summed E-state index contributed by atoms with van der Waals surface area (Å²) < 4.78 is 11.7. The summed E-state index contributed by atoms with van der Waals surface area (Å²) in [5.41, 5.74) is 2.40. The second-order valence-corrected chi connectivity index (χ2v) is 15.6. The fourth-order valence-corrected chi connectivity index (χ4v) is 7.02. The predicted octanol–water partition coefficient (Wildman–Crippen LogP) is 4.81. The second-order valence-electron chi connectivity index (χ2n) is 15.6. The summed E-state index contributed by atoms with van der Waals surface area (Å²) in [7, 11) is 2.08. The minimum absolute atomic E-state index is 0.0651. The molecule has 1 aromatic rings. The van der Waals surface area contributed by atoms with Crippen LogP contribution in [0.15, 0.2) is 18.2 Å². The molecule has 11 nitrogen and oxygen atoms in total. The average Bonchev–Trinajstić information content (AvgIpc) is 3.38. The Morgan fingerprint density at radius 3 is 2.57 bits per heavy atom. The van der Waals surface area contributed by atoms with Gasteiger partial charge in [-0.05, 0) is 53.2 Å². The van der Waals surface area contributed by atoms with E-state index in [4.69, 9.17) is 9.47 Å². The van der Waals surface area contributed by atoms with Gasteiger partial charge in [-0.25, -0.2) is 9.59 Å². The molecule has 254 valence electrons. The minimum Gasteiger partial charge on any atom is -0.449 e. The van der Waals surface area contributed by atoms with Crippen molar-refractivity contribution in [1.82, 2.24) is 20.4 Å². The van der Waals surface area contributed by atoms with Gasteiger partial charge in [-0.2, -0.15) is 0 Å². The summed E-state index contributed by atoms with van der Waals surface area (Å²) in [6.45, 7) is 13.9. The van der Waals surface area contributed by atoms with Crippen molar-refractivity contribution in [3.63, 3.8) is 0 Å². The van der Waals surface area contributed by atoms with Crippen LogP contribution in [0.4, 0.5) is 15.3 Å². The molecule has 2 N–H and O–H groups in total. The number of carbonyl (C=O) groups is 4. The van der Waals surface area contributed by atoms with Crippen LogP contribution in [0, 0.1) is 16.7 Å². The lowest BCUT2D eigenvalue weighted by molar-refractivity contribution is -0.142. The van der Waals surface area contributed by atoms with E-state index in [2.05, 4.69) is 55.5 Å². The summed E-state index contributed by atoms with van der Waals surface area (Å²) in [6, 6.07) is 4.50. The molecule has 11 heteroatoms. The lowest BCUT2D eigenvalue weighted by Gasteiger charge is -2.35. The second kappa shape index (κ2) is 13.3. The van der Waals surface area contributed by atoms with Crippen molar-refractivity contribution in [2.75, 3.05) is 31.6 Å². The van der Waals surface area contributed by atoms with Crippen molar-refractivity contribution in [2.45, 2.75) is 117 Å². The van der Waals surface area contributed by atoms with E-state index in [9.17, 15) is 19.2 Å². The van der Waals surface area contributed by atoms with Crippen molar-refractivity contribution in [1.29, 1.82) is 0 Å². The van der Waals surface area contributed by atoms with E-state index >= 15 is 0 Å². The van der Waals surface area contributed by atoms with Crippen LogP contribution in [0.25, 0.3) is 0 Å². The number of alkyl carbamates (subject to hydrolysis) is 1. The van der Waals surface area contributed by atoms with Gasteiger partial charge in [-0.15, -0.1) is 0 Å². The Bertz CT molecular complexity index is 1320. The third-order valence-electron chi connectivity index (χ3n) is 10.1. The normalized spacial score (nSPS) is 29.0. The smallest absolute Gasteiger partial charge is 0.410 e. The number of benzene rings is 1. The number of hydrogen-bond donors (Lipinski definition) is 2. The number of nitrogens with one attached hydrogen (secondary N) is 2. The number of carbonyl (C=O) groups excluding carboxylic acids is 4. The highest BCUT2D eigenvalue weighted by atomic mass is 16.6. The zero-order valence-corrected chi connectivity index (χ0v) is 28.7. The molecule has 4 bridgehead atoms. The molecule has 3 aliphatic heterocycles. The summed E-state index contributed by atoms with van der Waals surface area (Å²) in [5.74, 6) is -0.204. The molecular formula is C35H53N5O6. The van der Waals surface area contributed by atoms with Crippen LogP contribution in [-0.2, 0) is 32.2 Å². The molecule has 0 aromatic heterocycles. The molecule has 4 aliphatic rings. The Labute approximate surface area is 273 Å². The van der Waals surface area contributed by atoms with Crippen LogP contribution in [0.1, 0.15) is 91.2 Å². The van der Waals surface area contributed by atoms with Gasteiger partial charge in [-0.3, -0.25) is 14.5 Å². The SMILES string of the molecule is CCC1CC1NC(=O)C1CC2CN1C(=O)C(C(C)(C)C)NC(=O)OCC(C)(C)CCCCN(C)c1cccc3c1CN(C3)C(=O)O2. The van der Waals surface area contributed by atoms with E-state index in [0.717, 1.165) is 55.5 Å². The van der Waals surface area contributed by atoms with Crippen LogP contribution < -0.4 is 15.5 Å². The number of ether oxygens (including phenoxy) is 2. The van der Waals surface area contributed by atoms with Gasteiger partial charge >= 0.3 is 12.2 Å². The van der Waals surface area contributed by atoms with E-state index in [1.807, 2.05) is 26.8 Å². The quantitative estimate of drug-likeness (QED) is 0.487. The number of cyclic esters (lactones) is 1. The van der Waals surface area contributed by atoms with E-state index in [-0.39, 0.29) is 36.9 Å². The predicted molar refractivity (Wildman–Crippen MR) is 175 cm³/mol. The highest BCUT2D eigenvalue weighted by molar-refractivity contribution is 5.92. The van der Waals surface area contributed by atoms with Gasteiger partial charge in [-0.1, -0.05) is 66.5 Å². The third-order valence-corrected chi connectivity index (χ3v) is 10.1. The molecule has 5 unspecified atom stereocenters. The van der Waals surface area contributed by atoms with E-state index in [1.165, 1.54) is 4.90 Å². The standard InChI is InChI=1S/C35H53N5O6/c1-8-22-16-26(22)36-30(41)28-17-24-19-40(28)31(42)29(34(2,3)4)37-32(43)45-21-35(5,6)14-9-10-15-38(7)27-13-11-12-23-18-39(20-25(23)27)33(44)46-24/h11-13,22,24,26,28-29H,8-10,14-21H2,1-7H3,(H,36,41)(H,37,43). The van der Waals surface area contributed by atoms with Crippen molar-refractivity contribution in [3.8, 4) is 0 Å². The van der Waals surface area contributed by atoms with Crippen molar-refractivity contribution < 1.29 is 28.7 Å². The monoisotopic (exact) mass is 639 g/mol. The van der Waals surface area contributed by atoms with Gasteiger partial charge < -0.3 is 29.9 Å². The molecule has 1 saturated carbocycles. The molecule has 3 heterocycles. The van der Waals surface area contributed by atoms with Crippen LogP contribution >= 0.6 is 0 Å². The number of amides is 4. The maximum Gasteiger partial charge on any atom is 0.410 e. The van der Waals surface area contributed by atoms with Gasteiger partial charge in [0.15, 0.2) is 0 Å². The number of fused-ring (bicyclic) bond motifs is 3. The zero-order chi connectivity index (χ0) is 33.4. The topological polar surface area (TPSA) is 121 Å². The zero-order valence-electron chi connectivity index (χ0n) is 28.7. The summed E-state index contributed by atoms with van der Waals surface area (Å²) in [6.07, 6.45) is 3.09. The fraction of sp³-hybridized carbons (Fsp3) is 0.714. The van der Waals surface area contributed by atoms with Gasteiger partial charge in [0.1, 0.15) is 18.2 Å². The number of rotatable bonds is 3. The molecule has 5 atom stereocenters. The van der Waals surface area contributed by atoms with Crippen molar-refractivity contribution in [3.05, 3.63) is 29.3 Å². The van der Waals surface area contributed by atoms with E-state index < -0.39 is 41.7 Å². The molecule has 0 spiro atoms. The Kier molecular flexibility index (Phi) is 9.80. The van der Waals surface area contributed by atoms with Crippen LogP contribution in [0.3, 0.4) is 0 Å². The summed E-state index contributed by atoms with van der Waals surface area (Å²) >= 11 is 0. The van der Waals surface area contributed by atoms with Gasteiger partial charge in [0.25, 0.3) is 0 Å².